The number of carbonyl (C=O) groups excluding carboxylic acids is 1. The molecule has 1 unspecified atom stereocenters. The Bertz CT molecular complexity index is 515. The number of amides is 1. The van der Waals surface area contributed by atoms with Gasteiger partial charge in [0.05, 0.1) is 13.0 Å². The topological polar surface area (TPSA) is 66.8 Å². The third-order valence-corrected chi connectivity index (χ3v) is 3.65. The smallest absolute Gasteiger partial charge is 0.331 e. The summed E-state index contributed by atoms with van der Waals surface area (Å²) in [6.45, 7) is 3.42. The molecule has 1 aliphatic rings. The highest BCUT2D eigenvalue weighted by Gasteiger charge is 2.35. The molecule has 1 aliphatic heterocycles. The molecule has 0 spiro atoms. The third-order valence-electron chi connectivity index (χ3n) is 3.65. The first-order valence-electron chi connectivity index (χ1n) is 7.33. The van der Waals surface area contributed by atoms with Gasteiger partial charge in [-0.1, -0.05) is 31.2 Å². The molecular weight excluding hydrogens is 270 g/mol. The van der Waals surface area contributed by atoms with Crippen LogP contribution < -0.4 is 0 Å². The molecule has 21 heavy (non-hydrogen) atoms. The van der Waals surface area contributed by atoms with E-state index in [4.69, 9.17) is 4.74 Å². The first-order valence-corrected chi connectivity index (χ1v) is 7.33. The van der Waals surface area contributed by atoms with E-state index in [1.165, 1.54) is 4.90 Å². The SMILES string of the molecule is CCCOCCC(=O)N1CCc2ccccc2C1C(=O)O. The maximum atomic E-state index is 12.3. The van der Waals surface area contributed by atoms with E-state index in [1.54, 1.807) is 6.07 Å². The summed E-state index contributed by atoms with van der Waals surface area (Å²) in [4.78, 5) is 25.3. The van der Waals surface area contributed by atoms with Crippen LogP contribution in [-0.4, -0.2) is 41.6 Å². The Balaban J connectivity index is 2.09. The van der Waals surface area contributed by atoms with Crippen LogP contribution in [-0.2, 0) is 20.7 Å². The number of hydrogen-bond acceptors (Lipinski definition) is 3. The number of carboxylic acid groups (broad SMARTS) is 1. The summed E-state index contributed by atoms with van der Waals surface area (Å²) in [7, 11) is 0. The Kier molecular flexibility index (Phi) is 5.33. The average molecular weight is 291 g/mol. The highest BCUT2D eigenvalue weighted by molar-refractivity contribution is 5.85. The molecule has 0 bridgehead atoms. The molecule has 1 amide bonds. The third kappa shape index (κ3) is 3.61. The van der Waals surface area contributed by atoms with Gasteiger partial charge >= 0.3 is 5.97 Å². The fourth-order valence-electron chi connectivity index (χ4n) is 2.65. The number of ether oxygens (including phenoxy) is 1. The standard InChI is InChI=1S/C16H21NO4/c1-2-10-21-11-8-14(18)17-9-7-12-5-3-4-6-13(12)15(17)16(19)20/h3-6,15H,2,7-11H2,1H3,(H,19,20). The van der Waals surface area contributed by atoms with Gasteiger partial charge in [-0.2, -0.15) is 0 Å². The summed E-state index contributed by atoms with van der Waals surface area (Å²) in [5.74, 6) is -1.14. The normalized spacial score (nSPS) is 17.4. The van der Waals surface area contributed by atoms with Gasteiger partial charge in [-0.15, -0.1) is 0 Å². The Morgan fingerprint density at radius 1 is 1.33 bits per heavy atom. The maximum absolute atomic E-state index is 12.3. The number of nitrogens with zero attached hydrogens (tertiary/aromatic N) is 1. The van der Waals surface area contributed by atoms with Crippen LogP contribution >= 0.6 is 0 Å². The van der Waals surface area contributed by atoms with Crippen LogP contribution in [0.3, 0.4) is 0 Å². The number of carbonyl (C=O) groups is 2. The van der Waals surface area contributed by atoms with Crippen molar-refractivity contribution in [3.63, 3.8) is 0 Å². The van der Waals surface area contributed by atoms with Crippen LogP contribution in [0.5, 0.6) is 0 Å². The van der Waals surface area contributed by atoms with E-state index < -0.39 is 12.0 Å². The van der Waals surface area contributed by atoms with Gasteiger partial charge in [0.2, 0.25) is 5.91 Å². The minimum Gasteiger partial charge on any atom is -0.479 e. The molecule has 1 atom stereocenters. The largest absolute Gasteiger partial charge is 0.479 e. The highest BCUT2D eigenvalue weighted by Crippen LogP contribution is 2.30. The first-order chi connectivity index (χ1) is 10.1. The lowest BCUT2D eigenvalue weighted by atomic mass is 9.92. The van der Waals surface area contributed by atoms with Crippen LogP contribution in [0, 0.1) is 0 Å². The van der Waals surface area contributed by atoms with E-state index in [9.17, 15) is 14.7 Å². The van der Waals surface area contributed by atoms with Gasteiger partial charge in [-0.25, -0.2) is 4.79 Å². The molecule has 0 aliphatic carbocycles. The lowest BCUT2D eigenvalue weighted by Gasteiger charge is -2.34. The summed E-state index contributed by atoms with van der Waals surface area (Å²) in [5, 5.41) is 9.49. The zero-order chi connectivity index (χ0) is 15.2. The molecule has 5 heteroatoms. The number of fused-ring (bicyclic) bond motifs is 1. The van der Waals surface area contributed by atoms with Crippen LogP contribution in [0.2, 0.25) is 0 Å². The number of benzene rings is 1. The van der Waals surface area contributed by atoms with E-state index in [0.717, 1.165) is 17.5 Å². The van der Waals surface area contributed by atoms with E-state index >= 15 is 0 Å². The fourth-order valence-corrected chi connectivity index (χ4v) is 2.65. The second kappa shape index (κ2) is 7.22. The minimum atomic E-state index is -0.982. The monoisotopic (exact) mass is 291 g/mol. The van der Waals surface area contributed by atoms with Gasteiger partial charge in [-0.05, 0) is 24.0 Å². The van der Waals surface area contributed by atoms with Crippen molar-refractivity contribution in [2.45, 2.75) is 32.2 Å². The molecule has 0 saturated heterocycles. The van der Waals surface area contributed by atoms with E-state index in [0.29, 0.717) is 26.2 Å². The van der Waals surface area contributed by atoms with E-state index in [2.05, 4.69) is 0 Å². The average Bonchev–Trinajstić information content (AvgIpc) is 2.50. The zero-order valence-corrected chi connectivity index (χ0v) is 12.2. The number of carboxylic acids is 1. The Labute approximate surface area is 124 Å². The molecule has 2 rings (SSSR count). The van der Waals surface area contributed by atoms with Gasteiger partial charge in [0.25, 0.3) is 0 Å². The Hall–Kier alpha value is -1.88. The van der Waals surface area contributed by atoms with Crippen LogP contribution in [0.1, 0.15) is 36.9 Å². The molecule has 1 aromatic carbocycles. The van der Waals surface area contributed by atoms with Crippen molar-refractivity contribution < 1.29 is 19.4 Å². The molecule has 1 N–H and O–H groups in total. The predicted molar refractivity (Wildman–Crippen MR) is 78.0 cm³/mol. The predicted octanol–water partition coefficient (Wildman–Crippen LogP) is 2.01. The van der Waals surface area contributed by atoms with Crippen molar-refractivity contribution in [3.8, 4) is 0 Å². The molecule has 0 aromatic heterocycles. The zero-order valence-electron chi connectivity index (χ0n) is 12.2. The first kappa shape index (κ1) is 15.5. The summed E-state index contributed by atoms with van der Waals surface area (Å²) in [6, 6.07) is 6.55. The Morgan fingerprint density at radius 3 is 2.81 bits per heavy atom. The minimum absolute atomic E-state index is 0.159. The molecule has 0 fully saturated rings. The van der Waals surface area contributed by atoms with Crippen LogP contribution in [0.25, 0.3) is 0 Å². The molecule has 114 valence electrons. The highest BCUT2D eigenvalue weighted by atomic mass is 16.5. The van der Waals surface area contributed by atoms with Crippen molar-refractivity contribution in [2.24, 2.45) is 0 Å². The quantitative estimate of drug-likeness (QED) is 0.814. The maximum Gasteiger partial charge on any atom is 0.331 e. The summed E-state index contributed by atoms with van der Waals surface area (Å²) >= 11 is 0. The molecule has 1 aromatic rings. The lowest BCUT2D eigenvalue weighted by Crippen LogP contribution is -2.43. The van der Waals surface area contributed by atoms with E-state index in [1.807, 2.05) is 25.1 Å². The summed E-state index contributed by atoms with van der Waals surface area (Å²) < 4.78 is 5.31. The number of rotatable bonds is 6. The number of aliphatic carboxylic acids is 1. The van der Waals surface area contributed by atoms with Gasteiger partial charge in [0, 0.05) is 13.2 Å². The molecular formula is C16H21NO4. The number of hydrogen-bond donors (Lipinski definition) is 1. The van der Waals surface area contributed by atoms with Crippen LogP contribution in [0.4, 0.5) is 0 Å². The molecule has 0 saturated carbocycles. The second-order valence-corrected chi connectivity index (χ2v) is 5.14. The van der Waals surface area contributed by atoms with Crippen molar-refractivity contribution in [2.75, 3.05) is 19.8 Å². The van der Waals surface area contributed by atoms with Gasteiger partial charge in [0.15, 0.2) is 6.04 Å². The summed E-state index contributed by atoms with van der Waals surface area (Å²) in [5.41, 5.74) is 1.73. The summed E-state index contributed by atoms with van der Waals surface area (Å²) in [6.07, 6.45) is 1.83. The van der Waals surface area contributed by atoms with E-state index in [-0.39, 0.29) is 12.3 Å². The molecule has 0 radical (unpaired) electrons. The fraction of sp³-hybridized carbons (Fsp3) is 0.500. The van der Waals surface area contributed by atoms with Crippen LogP contribution in [0.15, 0.2) is 24.3 Å². The van der Waals surface area contributed by atoms with Crippen molar-refractivity contribution in [1.29, 1.82) is 0 Å². The van der Waals surface area contributed by atoms with Crippen molar-refractivity contribution in [1.82, 2.24) is 4.90 Å². The lowest BCUT2D eigenvalue weighted by molar-refractivity contribution is -0.151. The molecule has 1 heterocycles. The second-order valence-electron chi connectivity index (χ2n) is 5.14. The van der Waals surface area contributed by atoms with Crippen molar-refractivity contribution in [3.05, 3.63) is 35.4 Å². The van der Waals surface area contributed by atoms with Gasteiger partial charge in [0.1, 0.15) is 0 Å². The van der Waals surface area contributed by atoms with Gasteiger partial charge in [-0.3, -0.25) is 4.79 Å². The molecule has 5 nitrogen and oxygen atoms in total. The van der Waals surface area contributed by atoms with Gasteiger partial charge < -0.3 is 14.7 Å². The van der Waals surface area contributed by atoms with Crippen molar-refractivity contribution >= 4 is 11.9 Å². The Morgan fingerprint density at radius 2 is 2.10 bits per heavy atom.